The molecule has 4 heteroatoms. The molecule has 0 N–H and O–H groups in total. The minimum atomic E-state index is -0.645. The molecule has 1 aromatic rings. The highest BCUT2D eigenvalue weighted by molar-refractivity contribution is 5.85. The lowest BCUT2D eigenvalue weighted by molar-refractivity contribution is -0.128. The third-order valence-corrected chi connectivity index (χ3v) is 2.28. The van der Waals surface area contributed by atoms with Gasteiger partial charge < -0.3 is 4.74 Å². The van der Waals surface area contributed by atoms with Gasteiger partial charge in [-0.3, -0.25) is 4.79 Å². The topological polar surface area (TPSA) is 50.1 Å². The van der Waals surface area contributed by atoms with E-state index in [2.05, 4.69) is 0 Å². The Hall–Kier alpha value is -1.89. The Bertz CT molecular complexity index is 469. The first-order chi connectivity index (χ1) is 7.86. The van der Waals surface area contributed by atoms with E-state index in [0.717, 1.165) is 0 Å². The van der Waals surface area contributed by atoms with Crippen LogP contribution in [0.2, 0.25) is 0 Å². The largest absolute Gasteiger partial charge is 0.484 e. The summed E-state index contributed by atoms with van der Waals surface area (Å²) in [6, 6.07) is 5.80. The molecular formula is C13H14FNO2. The van der Waals surface area contributed by atoms with Gasteiger partial charge in [0.15, 0.2) is 5.78 Å². The molecule has 0 bridgehead atoms. The Morgan fingerprint density at radius 1 is 1.47 bits per heavy atom. The summed E-state index contributed by atoms with van der Waals surface area (Å²) in [6.07, 6.45) is 0. The van der Waals surface area contributed by atoms with Gasteiger partial charge in [-0.1, -0.05) is 26.8 Å². The Labute approximate surface area is 99.8 Å². The number of hydrogen-bond donors (Lipinski definition) is 0. The first kappa shape index (κ1) is 13.2. The number of ketones is 1. The number of nitriles is 1. The van der Waals surface area contributed by atoms with Crippen molar-refractivity contribution in [3.63, 3.8) is 0 Å². The summed E-state index contributed by atoms with van der Waals surface area (Å²) >= 11 is 0. The van der Waals surface area contributed by atoms with Crippen molar-refractivity contribution in [2.24, 2.45) is 5.41 Å². The van der Waals surface area contributed by atoms with Gasteiger partial charge in [0, 0.05) is 5.41 Å². The van der Waals surface area contributed by atoms with E-state index in [0.29, 0.717) is 0 Å². The fourth-order valence-electron chi connectivity index (χ4n) is 1.09. The van der Waals surface area contributed by atoms with E-state index in [9.17, 15) is 9.18 Å². The predicted molar refractivity (Wildman–Crippen MR) is 61.1 cm³/mol. The summed E-state index contributed by atoms with van der Waals surface area (Å²) in [5.41, 5.74) is -0.686. The number of benzene rings is 1. The fourth-order valence-corrected chi connectivity index (χ4v) is 1.09. The third-order valence-electron chi connectivity index (χ3n) is 2.28. The standard InChI is InChI=1S/C13H14FNO2/c1-13(2,3)12(16)8-17-11-6-4-5-10(14)9(11)7-15/h4-6H,8H2,1-3H3. The number of rotatable bonds is 3. The van der Waals surface area contributed by atoms with E-state index in [4.69, 9.17) is 10.00 Å². The predicted octanol–water partition coefficient (Wildman–Crippen LogP) is 2.69. The Kier molecular flexibility index (Phi) is 3.84. The zero-order chi connectivity index (χ0) is 13.1. The molecule has 0 aliphatic heterocycles. The van der Waals surface area contributed by atoms with Gasteiger partial charge in [-0.25, -0.2) is 4.39 Å². The first-order valence-electron chi connectivity index (χ1n) is 5.21. The molecule has 0 aliphatic rings. The highest BCUT2D eigenvalue weighted by atomic mass is 19.1. The molecule has 1 aromatic carbocycles. The number of carbonyl (C=O) groups is 1. The summed E-state index contributed by atoms with van der Waals surface area (Å²) < 4.78 is 18.4. The minimum absolute atomic E-state index is 0.102. The Morgan fingerprint density at radius 3 is 2.65 bits per heavy atom. The highest BCUT2D eigenvalue weighted by Gasteiger charge is 2.22. The van der Waals surface area contributed by atoms with Gasteiger partial charge in [-0.2, -0.15) is 5.26 Å². The Balaban J connectivity index is 2.81. The van der Waals surface area contributed by atoms with Crippen molar-refractivity contribution in [1.29, 1.82) is 5.26 Å². The molecule has 0 unspecified atom stereocenters. The molecule has 0 saturated carbocycles. The van der Waals surface area contributed by atoms with Gasteiger partial charge in [0.05, 0.1) is 0 Å². The van der Waals surface area contributed by atoms with Crippen LogP contribution in [0.4, 0.5) is 4.39 Å². The highest BCUT2D eigenvalue weighted by Crippen LogP contribution is 2.21. The summed E-state index contributed by atoms with van der Waals surface area (Å²) in [6.45, 7) is 5.15. The molecule has 90 valence electrons. The average Bonchev–Trinajstić information content (AvgIpc) is 2.24. The molecule has 0 fully saturated rings. The summed E-state index contributed by atoms with van der Waals surface area (Å²) in [5, 5.41) is 8.77. The number of hydrogen-bond acceptors (Lipinski definition) is 3. The number of nitrogens with zero attached hydrogens (tertiary/aromatic N) is 1. The monoisotopic (exact) mass is 235 g/mol. The fraction of sp³-hybridized carbons (Fsp3) is 0.385. The van der Waals surface area contributed by atoms with Crippen molar-refractivity contribution in [3.8, 4) is 11.8 Å². The lowest BCUT2D eigenvalue weighted by Gasteiger charge is -2.17. The van der Waals surface area contributed by atoms with Crippen LogP contribution in [0.1, 0.15) is 26.3 Å². The molecule has 0 saturated heterocycles. The first-order valence-corrected chi connectivity index (χ1v) is 5.21. The van der Waals surface area contributed by atoms with E-state index in [1.807, 2.05) is 0 Å². The van der Waals surface area contributed by atoms with E-state index in [1.165, 1.54) is 18.2 Å². The normalized spacial score (nSPS) is 10.8. The second kappa shape index (κ2) is 4.96. The van der Waals surface area contributed by atoms with Gasteiger partial charge in [0.25, 0.3) is 0 Å². The molecule has 0 amide bonds. The van der Waals surface area contributed by atoms with Gasteiger partial charge in [-0.15, -0.1) is 0 Å². The second-order valence-electron chi connectivity index (χ2n) is 4.69. The molecule has 1 rings (SSSR count). The number of Topliss-reactive ketones (excluding diaryl/α,β-unsaturated/α-hetero) is 1. The minimum Gasteiger partial charge on any atom is -0.484 e. The van der Waals surface area contributed by atoms with Crippen LogP contribution in [0.5, 0.6) is 5.75 Å². The van der Waals surface area contributed by atoms with Crippen LogP contribution >= 0.6 is 0 Å². The molecule has 0 radical (unpaired) electrons. The van der Waals surface area contributed by atoms with Crippen LogP contribution in [-0.2, 0) is 4.79 Å². The number of carbonyl (C=O) groups excluding carboxylic acids is 1. The number of ether oxygens (including phenoxy) is 1. The lowest BCUT2D eigenvalue weighted by Crippen LogP contribution is -2.26. The van der Waals surface area contributed by atoms with E-state index in [1.54, 1.807) is 26.8 Å². The summed E-state index contributed by atoms with van der Waals surface area (Å²) in [4.78, 5) is 11.6. The van der Waals surface area contributed by atoms with Crippen molar-refractivity contribution >= 4 is 5.78 Å². The van der Waals surface area contributed by atoms with E-state index >= 15 is 0 Å². The van der Waals surface area contributed by atoms with Crippen LogP contribution in [0.3, 0.4) is 0 Å². The van der Waals surface area contributed by atoms with Crippen molar-refractivity contribution < 1.29 is 13.9 Å². The van der Waals surface area contributed by atoms with Crippen molar-refractivity contribution in [2.45, 2.75) is 20.8 Å². The van der Waals surface area contributed by atoms with Crippen LogP contribution in [0.25, 0.3) is 0 Å². The van der Waals surface area contributed by atoms with Crippen LogP contribution in [0, 0.1) is 22.6 Å². The third kappa shape index (κ3) is 3.28. The molecule has 0 aliphatic carbocycles. The second-order valence-corrected chi connectivity index (χ2v) is 4.69. The molecule has 3 nitrogen and oxygen atoms in total. The summed E-state index contributed by atoms with van der Waals surface area (Å²) in [5.74, 6) is -0.649. The molecule has 0 heterocycles. The van der Waals surface area contributed by atoms with Gasteiger partial charge in [0.1, 0.15) is 29.8 Å². The molecule has 0 atom stereocenters. The molecule has 17 heavy (non-hydrogen) atoms. The zero-order valence-electron chi connectivity index (χ0n) is 10.1. The van der Waals surface area contributed by atoms with E-state index in [-0.39, 0.29) is 23.7 Å². The molecular weight excluding hydrogens is 221 g/mol. The summed E-state index contributed by atoms with van der Waals surface area (Å²) in [7, 11) is 0. The Morgan fingerprint density at radius 2 is 2.12 bits per heavy atom. The van der Waals surface area contributed by atoms with Gasteiger partial charge in [-0.05, 0) is 12.1 Å². The SMILES string of the molecule is CC(C)(C)C(=O)COc1cccc(F)c1C#N. The van der Waals surface area contributed by atoms with Crippen LogP contribution < -0.4 is 4.74 Å². The maximum atomic E-state index is 13.2. The molecule has 0 aromatic heterocycles. The van der Waals surface area contributed by atoms with Crippen LogP contribution in [0.15, 0.2) is 18.2 Å². The van der Waals surface area contributed by atoms with Crippen molar-refractivity contribution in [3.05, 3.63) is 29.6 Å². The maximum Gasteiger partial charge on any atom is 0.175 e. The lowest BCUT2D eigenvalue weighted by atomic mass is 9.91. The van der Waals surface area contributed by atoms with E-state index < -0.39 is 11.2 Å². The zero-order valence-corrected chi connectivity index (χ0v) is 10.1. The van der Waals surface area contributed by atoms with Crippen LogP contribution in [-0.4, -0.2) is 12.4 Å². The number of halogens is 1. The van der Waals surface area contributed by atoms with Gasteiger partial charge >= 0.3 is 0 Å². The molecule has 0 spiro atoms. The van der Waals surface area contributed by atoms with Gasteiger partial charge in [0.2, 0.25) is 0 Å². The smallest absolute Gasteiger partial charge is 0.175 e. The van der Waals surface area contributed by atoms with Crippen molar-refractivity contribution in [2.75, 3.05) is 6.61 Å². The van der Waals surface area contributed by atoms with Crippen molar-refractivity contribution in [1.82, 2.24) is 0 Å². The average molecular weight is 235 g/mol. The quantitative estimate of drug-likeness (QED) is 0.809. The maximum absolute atomic E-state index is 13.2.